The summed E-state index contributed by atoms with van der Waals surface area (Å²) in [6, 6.07) is 5.29. The van der Waals surface area contributed by atoms with Crippen LogP contribution in [0.4, 0.5) is 0 Å². The van der Waals surface area contributed by atoms with Crippen LogP contribution < -0.4 is 15.5 Å². The molecule has 110 valence electrons. The second-order valence-corrected chi connectivity index (χ2v) is 5.34. The van der Waals surface area contributed by atoms with E-state index >= 15 is 0 Å². The number of halogens is 2. The maximum Gasteiger partial charge on any atom is 0.275 e. The van der Waals surface area contributed by atoms with E-state index in [0.29, 0.717) is 16.6 Å². The molecular formula is C13H18Cl2N3O2+. The Kier molecular flexibility index (Phi) is 6.78. The van der Waals surface area contributed by atoms with Gasteiger partial charge in [-0.2, -0.15) is 0 Å². The van der Waals surface area contributed by atoms with Gasteiger partial charge in [-0.05, 0) is 12.1 Å². The molecule has 0 aliphatic heterocycles. The zero-order valence-electron chi connectivity index (χ0n) is 11.4. The molecular weight excluding hydrogens is 301 g/mol. The lowest BCUT2D eigenvalue weighted by Gasteiger charge is -2.14. The lowest BCUT2D eigenvalue weighted by atomic mass is 10.2. The molecule has 0 saturated carbocycles. The molecule has 0 saturated heterocycles. The molecule has 3 N–H and O–H groups in total. The van der Waals surface area contributed by atoms with E-state index in [1.807, 2.05) is 13.1 Å². The molecule has 0 fully saturated rings. The van der Waals surface area contributed by atoms with Gasteiger partial charge in [0.15, 0.2) is 6.54 Å². The number of hydrogen-bond acceptors (Lipinski definition) is 2. The van der Waals surface area contributed by atoms with E-state index < -0.39 is 0 Å². The Labute approximate surface area is 128 Å². The lowest BCUT2D eigenvalue weighted by Crippen LogP contribution is -3.08. The third-order valence-electron chi connectivity index (χ3n) is 2.69. The van der Waals surface area contributed by atoms with Gasteiger partial charge in [-0.15, -0.1) is 0 Å². The van der Waals surface area contributed by atoms with Crippen molar-refractivity contribution in [1.82, 2.24) is 10.6 Å². The standard InChI is InChI=1S/C13H17Cl2N3O2/c1-16-12(19)6-17-13(20)8-18(2)7-9-3-4-10(14)5-11(9)15/h3-5H,6-8H2,1-2H3,(H,16,19)(H,17,20)/p+1. The third kappa shape index (κ3) is 5.77. The molecule has 0 aromatic heterocycles. The van der Waals surface area contributed by atoms with Crippen molar-refractivity contribution in [2.75, 3.05) is 27.2 Å². The topological polar surface area (TPSA) is 62.6 Å². The summed E-state index contributed by atoms with van der Waals surface area (Å²) in [6.07, 6.45) is 0. The van der Waals surface area contributed by atoms with E-state index in [1.54, 1.807) is 12.1 Å². The minimum absolute atomic E-state index is 0.00961. The average Bonchev–Trinajstić information content (AvgIpc) is 2.39. The van der Waals surface area contributed by atoms with Crippen LogP contribution >= 0.6 is 23.2 Å². The Morgan fingerprint density at radius 2 is 1.95 bits per heavy atom. The van der Waals surface area contributed by atoms with Crippen molar-refractivity contribution in [3.8, 4) is 0 Å². The van der Waals surface area contributed by atoms with E-state index in [4.69, 9.17) is 23.2 Å². The highest BCUT2D eigenvalue weighted by molar-refractivity contribution is 6.35. The van der Waals surface area contributed by atoms with Gasteiger partial charge in [0.25, 0.3) is 5.91 Å². The van der Waals surface area contributed by atoms with Crippen LogP contribution in [0.2, 0.25) is 10.0 Å². The Balaban J connectivity index is 2.44. The van der Waals surface area contributed by atoms with Gasteiger partial charge in [0.05, 0.1) is 18.6 Å². The summed E-state index contributed by atoms with van der Waals surface area (Å²) in [7, 11) is 3.40. The van der Waals surface area contributed by atoms with Crippen LogP contribution in [0.1, 0.15) is 5.56 Å². The zero-order valence-corrected chi connectivity index (χ0v) is 12.9. The number of amides is 2. The zero-order chi connectivity index (χ0) is 15.1. The van der Waals surface area contributed by atoms with Crippen molar-refractivity contribution in [3.63, 3.8) is 0 Å². The van der Waals surface area contributed by atoms with Crippen LogP contribution in [0.3, 0.4) is 0 Å². The molecule has 2 amide bonds. The smallest absolute Gasteiger partial charge is 0.275 e. The van der Waals surface area contributed by atoms with E-state index in [-0.39, 0.29) is 24.9 Å². The fraction of sp³-hybridized carbons (Fsp3) is 0.385. The second-order valence-electron chi connectivity index (χ2n) is 4.50. The quantitative estimate of drug-likeness (QED) is 0.684. The SMILES string of the molecule is CNC(=O)CNC(=O)C[NH+](C)Cc1ccc(Cl)cc1Cl. The highest BCUT2D eigenvalue weighted by Gasteiger charge is 2.13. The number of benzene rings is 1. The molecule has 0 aliphatic rings. The van der Waals surface area contributed by atoms with Crippen LogP contribution in [-0.4, -0.2) is 39.0 Å². The summed E-state index contributed by atoms with van der Waals surface area (Å²) in [5.74, 6) is -0.409. The van der Waals surface area contributed by atoms with Gasteiger partial charge in [-0.25, -0.2) is 0 Å². The molecule has 0 spiro atoms. The van der Waals surface area contributed by atoms with Crippen molar-refractivity contribution >= 4 is 35.0 Å². The van der Waals surface area contributed by atoms with E-state index in [0.717, 1.165) is 10.5 Å². The first-order chi connectivity index (χ1) is 9.42. The van der Waals surface area contributed by atoms with Crippen LogP contribution in [0.5, 0.6) is 0 Å². The third-order valence-corrected chi connectivity index (χ3v) is 3.28. The predicted molar refractivity (Wildman–Crippen MR) is 79.0 cm³/mol. The largest absolute Gasteiger partial charge is 0.358 e. The Morgan fingerprint density at radius 1 is 1.25 bits per heavy atom. The first kappa shape index (κ1) is 16.8. The molecule has 0 radical (unpaired) electrons. The molecule has 1 aromatic rings. The van der Waals surface area contributed by atoms with Crippen molar-refractivity contribution in [2.24, 2.45) is 0 Å². The first-order valence-electron chi connectivity index (χ1n) is 6.15. The lowest BCUT2D eigenvalue weighted by molar-refractivity contribution is -0.885. The van der Waals surface area contributed by atoms with Gasteiger partial charge in [0.2, 0.25) is 5.91 Å². The summed E-state index contributed by atoms with van der Waals surface area (Å²) < 4.78 is 0. The van der Waals surface area contributed by atoms with E-state index in [1.165, 1.54) is 7.05 Å². The number of rotatable bonds is 6. The van der Waals surface area contributed by atoms with Gasteiger partial charge in [-0.3, -0.25) is 9.59 Å². The Hall–Kier alpha value is -1.30. The summed E-state index contributed by atoms with van der Waals surface area (Å²) in [6.45, 7) is 0.851. The molecule has 1 rings (SSSR count). The number of carbonyl (C=O) groups excluding carboxylic acids is 2. The van der Waals surface area contributed by atoms with Crippen molar-refractivity contribution in [2.45, 2.75) is 6.54 Å². The fourth-order valence-corrected chi connectivity index (χ4v) is 2.13. The number of carbonyl (C=O) groups is 2. The van der Waals surface area contributed by atoms with Crippen LogP contribution in [-0.2, 0) is 16.1 Å². The predicted octanol–water partition coefficient (Wildman–Crippen LogP) is -0.130. The summed E-state index contributed by atoms with van der Waals surface area (Å²) in [4.78, 5) is 23.6. The molecule has 1 aromatic carbocycles. The number of hydrogen-bond donors (Lipinski definition) is 3. The molecule has 0 heterocycles. The van der Waals surface area contributed by atoms with Crippen LogP contribution in [0.15, 0.2) is 18.2 Å². The van der Waals surface area contributed by atoms with Gasteiger partial charge >= 0.3 is 0 Å². The summed E-state index contributed by atoms with van der Waals surface area (Å²) in [5, 5.41) is 6.15. The second kappa shape index (κ2) is 8.09. The van der Waals surface area contributed by atoms with Crippen molar-refractivity contribution in [1.29, 1.82) is 0 Å². The van der Waals surface area contributed by atoms with E-state index in [9.17, 15) is 9.59 Å². The van der Waals surface area contributed by atoms with Crippen molar-refractivity contribution < 1.29 is 14.5 Å². The minimum Gasteiger partial charge on any atom is -0.358 e. The van der Waals surface area contributed by atoms with Gasteiger partial charge in [-0.1, -0.05) is 29.3 Å². The van der Waals surface area contributed by atoms with Gasteiger partial charge < -0.3 is 15.5 Å². The first-order valence-corrected chi connectivity index (χ1v) is 6.90. The van der Waals surface area contributed by atoms with Crippen LogP contribution in [0, 0.1) is 0 Å². The summed E-state index contributed by atoms with van der Waals surface area (Å²) >= 11 is 11.9. The molecule has 7 heteroatoms. The maximum absolute atomic E-state index is 11.6. The minimum atomic E-state index is -0.225. The summed E-state index contributed by atoms with van der Waals surface area (Å²) in [5.41, 5.74) is 0.924. The Bertz CT molecular complexity index is 495. The molecule has 0 aliphatic carbocycles. The maximum atomic E-state index is 11.6. The van der Waals surface area contributed by atoms with Gasteiger partial charge in [0, 0.05) is 17.6 Å². The molecule has 1 unspecified atom stereocenters. The molecule has 0 bridgehead atoms. The highest BCUT2D eigenvalue weighted by atomic mass is 35.5. The molecule has 1 atom stereocenters. The normalized spacial score (nSPS) is 11.8. The number of likely N-dealkylation sites (N-methyl/N-ethyl adjacent to an activating group) is 2. The molecule has 5 nitrogen and oxygen atoms in total. The fourth-order valence-electron chi connectivity index (χ4n) is 1.66. The highest BCUT2D eigenvalue weighted by Crippen LogP contribution is 2.19. The monoisotopic (exact) mass is 318 g/mol. The Morgan fingerprint density at radius 3 is 2.55 bits per heavy atom. The van der Waals surface area contributed by atoms with Gasteiger partial charge in [0.1, 0.15) is 6.54 Å². The number of quaternary nitrogens is 1. The average molecular weight is 319 g/mol. The van der Waals surface area contributed by atoms with E-state index in [2.05, 4.69) is 10.6 Å². The van der Waals surface area contributed by atoms with Crippen molar-refractivity contribution in [3.05, 3.63) is 33.8 Å². The molecule has 20 heavy (non-hydrogen) atoms. The van der Waals surface area contributed by atoms with Crippen LogP contribution in [0.25, 0.3) is 0 Å². The number of nitrogens with one attached hydrogen (secondary N) is 3.